The van der Waals surface area contributed by atoms with E-state index in [2.05, 4.69) is 6.92 Å². The second kappa shape index (κ2) is 16.7. The minimum absolute atomic E-state index is 0.430. The molecule has 0 aliphatic heterocycles. The van der Waals surface area contributed by atoms with E-state index >= 15 is 0 Å². The van der Waals surface area contributed by atoms with Gasteiger partial charge >= 0.3 is 5.97 Å². The number of ether oxygens (including phenoxy) is 1. The standard InChI is InChI=1S/C22H41NO5/c1-4-5-6-7-8-9-10-11-12-13-14-19(26)15-16-20(27)21(23)22(17(2)24)28-18(3)25/h15-16,19-22,26-27H,4-14,23H2,1-3H3/b16-15+. The monoisotopic (exact) mass is 399 g/mol. The number of hydrogen-bond acceptors (Lipinski definition) is 6. The predicted molar refractivity (Wildman–Crippen MR) is 112 cm³/mol. The van der Waals surface area contributed by atoms with E-state index in [1.807, 2.05) is 0 Å². The van der Waals surface area contributed by atoms with Crippen molar-refractivity contribution >= 4 is 11.8 Å². The molecular weight excluding hydrogens is 358 g/mol. The molecule has 0 bridgehead atoms. The molecular formula is C22H41NO5. The smallest absolute Gasteiger partial charge is 0.303 e. The summed E-state index contributed by atoms with van der Waals surface area (Å²) >= 11 is 0. The number of Topliss-reactive ketones (excluding diaryl/α,β-unsaturated/α-hetero) is 1. The van der Waals surface area contributed by atoms with Gasteiger partial charge in [0.05, 0.1) is 18.2 Å². The Morgan fingerprint density at radius 3 is 1.86 bits per heavy atom. The summed E-state index contributed by atoms with van der Waals surface area (Å²) in [5, 5.41) is 20.1. The fraction of sp³-hybridized carbons (Fsp3) is 0.818. The highest BCUT2D eigenvalue weighted by atomic mass is 16.5. The van der Waals surface area contributed by atoms with Crippen molar-refractivity contribution in [1.82, 2.24) is 0 Å². The highest BCUT2D eigenvalue weighted by Crippen LogP contribution is 2.13. The van der Waals surface area contributed by atoms with Crippen LogP contribution in [0.4, 0.5) is 0 Å². The van der Waals surface area contributed by atoms with Crippen molar-refractivity contribution in [3.8, 4) is 0 Å². The number of carbonyl (C=O) groups is 2. The van der Waals surface area contributed by atoms with E-state index in [1.54, 1.807) is 0 Å². The van der Waals surface area contributed by atoms with E-state index in [-0.39, 0.29) is 0 Å². The molecule has 0 aliphatic rings. The first-order valence-electron chi connectivity index (χ1n) is 10.8. The number of hydrogen-bond donors (Lipinski definition) is 3. The lowest BCUT2D eigenvalue weighted by Gasteiger charge is -2.24. The summed E-state index contributed by atoms with van der Waals surface area (Å²) in [6.45, 7) is 4.66. The van der Waals surface area contributed by atoms with Crippen LogP contribution in [0.5, 0.6) is 0 Å². The van der Waals surface area contributed by atoms with E-state index in [0.29, 0.717) is 6.42 Å². The summed E-state index contributed by atoms with van der Waals surface area (Å²) in [6.07, 6.45) is 12.8. The zero-order valence-corrected chi connectivity index (χ0v) is 17.9. The maximum absolute atomic E-state index is 11.5. The van der Waals surface area contributed by atoms with E-state index in [0.717, 1.165) is 12.8 Å². The molecule has 4 unspecified atom stereocenters. The Morgan fingerprint density at radius 1 is 0.893 bits per heavy atom. The van der Waals surface area contributed by atoms with E-state index in [1.165, 1.54) is 77.4 Å². The molecule has 0 aromatic carbocycles. The topological polar surface area (TPSA) is 110 Å². The average molecular weight is 400 g/mol. The van der Waals surface area contributed by atoms with Gasteiger partial charge in [-0.15, -0.1) is 0 Å². The van der Waals surface area contributed by atoms with Crippen LogP contribution in [0.25, 0.3) is 0 Å². The van der Waals surface area contributed by atoms with Crippen LogP contribution in [0.2, 0.25) is 0 Å². The fourth-order valence-electron chi connectivity index (χ4n) is 3.10. The lowest BCUT2D eigenvalue weighted by molar-refractivity contribution is -0.154. The third-order valence-corrected chi connectivity index (χ3v) is 4.82. The first-order valence-corrected chi connectivity index (χ1v) is 10.8. The van der Waals surface area contributed by atoms with E-state index in [9.17, 15) is 19.8 Å². The molecule has 4 atom stereocenters. The predicted octanol–water partition coefficient (Wildman–Crippen LogP) is 3.42. The minimum Gasteiger partial charge on any atom is -0.453 e. The molecule has 0 saturated heterocycles. The Kier molecular flexibility index (Phi) is 16.0. The van der Waals surface area contributed by atoms with Gasteiger partial charge in [0.15, 0.2) is 11.9 Å². The molecule has 0 rings (SSSR count). The van der Waals surface area contributed by atoms with Crippen molar-refractivity contribution < 1.29 is 24.5 Å². The summed E-state index contributed by atoms with van der Waals surface area (Å²) in [7, 11) is 0. The van der Waals surface area contributed by atoms with Crippen molar-refractivity contribution in [2.24, 2.45) is 5.73 Å². The summed E-state index contributed by atoms with van der Waals surface area (Å²) in [5.74, 6) is -1.06. The normalized spacial score (nSPS) is 15.9. The van der Waals surface area contributed by atoms with Gasteiger partial charge in [-0.3, -0.25) is 9.59 Å². The lowest BCUT2D eigenvalue weighted by atomic mass is 10.0. The second-order valence-electron chi connectivity index (χ2n) is 7.63. The number of esters is 1. The average Bonchev–Trinajstić information content (AvgIpc) is 2.64. The Bertz CT molecular complexity index is 452. The van der Waals surface area contributed by atoms with Gasteiger partial charge in [-0.05, 0) is 13.3 Å². The molecule has 0 aromatic heterocycles. The number of carbonyl (C=O) groups excluding carboxylic acids is 2. The van der Waals surface area contributed by atoms with Crippen molar-refractivity contribution in [3.63, 3.8) is 0 Å². The quantitative estimate of drug-likeness (QED) is 0.196. The Hall–Kier alpha value is -1.24. The van der Waals surface area contributed by atoms with Crippen LogP contribution in [0.15, 0.2) is 12.2 Å². The molecule has 0 amide bonds. The van der Waals surface area contributed by atoms with Gasteiger partial charge in [0.2, 0.25) is 0 Å². The SMILES string of the molecule is CCCCCCCCCCCCC(O)/C=C/C(O)C(N)C(OC(C)=O)C(C)=O. The molecule has 6 nitrogen and oxygen atoms in total. The summed E-state index contributed by atoms with van der Waals surface area (Å²) in [4.78, 5) is 22.6. The molecule has 0 aromatic rings. The van der Waals surface area contributed by atoms with Crippen LogP contribution in [0, 0.1) is 0 Å². The first-order chi connectivity index (χ1) is 13.3. The summed E-state index contributed by atoms with van der Waals surface area (Å²) in [6, 6.07) is -1.07. The fourth-order valence-corrected chi connectivity index (χ4v) is 3.10. The van der Waals surface area contributed by atoms with Gasteiger partial charge in [0.25, 0.3) is 0 Å². The Morgan fingerprint density at radius 2 is 1.39 bits per heavy atom. The molecule has 28 heavy (non-hydrogen) atoms. The summed E-state index contributed by atoms with van der Waals surface area (Å²) in [5.41, 5.74) is 5.82. The van der Waals surface area contributed by atoms with Gasteiger partial charge in [0.1, 0.15) is 0 Å². The van der Waals surface area contributed by atoms with Crippen LogP contribution >= 0.6 is 0 Å². The first kappa shape index (κ1) is 26.8. The number of aliphatic hydroxyl groups excluding tert-OH is 2. The summed E-state index contributed by atoms with van der Waals surface area (Å²) < 4.78 is 4.87. The number of rotatable bonds is 17. The van der Waals surface area contributed by atoms with Crippen molar-refractivity contribution in [2.75, 3.05) is 0 Å². The third-order valence-electron chi connectivity index (χ3n) is 4.82. The van der Waals surface area contributed by atoms with Crippen molar-refractivity contribution in [2.45, 2.75) is 116 Å². The van der Waals surface area contributed by atoms with Crippen molar-refractivity contribution in [3.05, 3.63) is 12.2 Å². The highest BCUT2D eigenvalue weighted by molar-refractivity contribution is 5.84. The van der Waals surface area contributed by atoms with Crippen LogP contribution in [0.1, 0.15) is 91.4 Å². The largest absolute Gasteiger partial charge is 0.453 e. The molecule has 6 heteroatoms. The number of unbranched alkanes of at least 4 members (excludes halogenated alkanes) is 9. The minimum atomic E-state index is -1.20. The highest BCUT2D eigenvalue weighted by Gasteiger charge is 2.29. The molecule has 0 radical (unpaired) electrons. The molecule has 164 valence electrons. The lowest BCUT2D eigenvalue weighted by Crippen LogP contribution is -2.49. The van der Waals surface area contributed by atoms with Gasteiger partial charge in [0, 0.05) is 6.92 Å². The number of nitrogens with two attached hydrogens (primary N) is 1. The second-order valence-corrected chi connectivity index (χ2v) is 7.63. The van der Waals surface area contributed by atoms with Gasteiger partial charge in [-0.1, -0.05) is 83.3 Å². The Balaban J connectivity index is 3.98. The van der Waals surface area contributed by atoms with E-state index in [4.69, 9.17) is 10.5 Å². The van der Waals surface area contributed by atoms with Crippen LogP contribution in [-0.2, 0) is 14.3 Å². The zero-order chi connectivity index (χ0) is 21.4. The molecule has 0 heterocycles. The molecule has 0 fully saturated rings. The van der Waals surface area contributed by atoms with Gasteiger partial charge < -0.3 is 20.7 Å². The molecule has 0 spiro atoms. The maximum atomic E-state index is 11.5. The van der Waals surface area contributed by atoms with E-state index < -0.39 is 36.1 Å². The maximum Gasteiger partial charge on any atom is 0.303 e. The number of ketones is 1. The zero-order valence-electron chi connectivity index (χ0n) is 17.9. The van der Waals surface area contributed by atoms with Crippen LogP contribution in [-0.4, -0.2) is 46.3 Å². The van der Waals surface area contributed by atoms with Crippen LogP contribution < -0.4 is 5.73 Å². The third kappa shape index (κ3) is 13.9. The molecule has 0 saturated carbocycles. The Labute approximate surface area is 170 Å². The number of aliphatic hydroxyl groups is 2. The molecule has 0 aliphatic carbocycles. The van der Waals surface area contributed by atoms with Gasteiger partial charge in [-0.2, -0.15) is 0 Å². The van der Waals surface area contributed by atoms with Gasteiger partial charge in [-0.25, -0.2) is 0 Å². The van der Waals surface area contributed by atoms with Crippen LogP contribution in [0.3, 0.4) is 0 Å². The molecule has 4 N–H and O–H groups in total. The van der Waals surface area contributed by atoms with Crippen molar-refractivity contribution in [1.29, 1.82) is 0 Å².